The monoisotopic (exact) mass is 443 g/mol. The number of hydrogen-bond acceptors (Lipinski definition) is 4. The molecule has 0 saturated carbocycles. The summed E-state index contributed by atoms with van der Waals surface area (Å²) < 4.78 is 67.5. The molecule has 1 aliphatic heterocycles. The maximum absolute atomic E-state index is 13.9. The van der Waals surface area contributed by atoms with Crippen LogP contribution in [-0.4, -0.2) is 38.2 Å². The van der Waals surface area contributed by atoms with E-state index in [0.29, 0.717) is 30.4 Å². The molecule has 1 aliphatic carbocycles. The first-order chi connectivity index (χ1) is 14.6. The average Bonchev–Trinajstić information content (AvgIpc) is 3.29. The number of fused-ring (bicyclic) bond motifs is 2. The highest BCUT2D eigenvalue weighted by molar-refractivity contribution is 5.77. The van der Waals surface area contributed by atoms with Crippen LogP contribution in [0.25, 0.3) is 0 Å². The predicted molar refractivity (Wildman–Crippen MR) is 99.7 cm³/mol. The summed E-state index contributed by atoms with van der Waals surface area (Å²) in [6.45, 7) is 1.81. The van der Waals surface area contributed by atoms with Gasteiger partial charge in [-0.3, -0.25) is 4.79 Å². The van der Waals surface area contributed by atoms with Gasteiger partial charge in [0.15, 0.2) is 17.5 Å². The minimum atomic E-state index is -4.61. The topological polar surface area (TPSA) is 77.0 Å². The van der Waals surface area contributed by atoms with Crippen molar-refractivity contribution in [2.75, 3.05) is 6.54 Å². The molecule has 0 unspecified atom stereocenters. The van der Waals surface area contributed by atoms with Crippen molar-refractivity contribution in [3.63, 3.8) is 0 Å². The fourth-order valence-electron chi connectivity index (χ4n) is 4.86. The third-order valence-corrected chi connectivity index (χ3v) is 6.62. The largest absolute Gasteiger partial charge is 0.451 e. The third-order valence-electron chi connectivity index (χ3n) is 6.62. The zero-order valence-electron chi connectivity index (χ0n) is 16.8. The molecule has 11 heteroatoms. The van der Waals surface area contributed by atoms with Crippen LogP contribution in [-0.2, 0) is 35.9 Å². The normalized spacial score (nSPS) is 21.7. The van der Waals surface area contributed by atoms with Crippen LogP contribution in [0.15, 0.2) is 12.1 Å². The quantitative estimate of drug-likeness (QED) is 0.738. The molecule has 0 saturated heterocycles. The Bertz CT molecular complexity index is 1020. The van der Waals surface area contributed by atoms with E-state index in [2.05, 4.69) is 10.2 Å². The molecule has 1 aromatic heterocycles. The first-order valence-electron chi connectivity index (χ1n) is 10.1. The van der Waals surface area contributed by atoms with E-state index in [9.17, 15) is 26.7 Å². The van der Waals surface area contributed by atoms with Crippen molar-refractivity contribution in [3.05, 3.63) is 46.5 Å². The average molecular weight is 443 g/mol. The van der Waals surface area contributed by atoms with Gasteiger partial charge in [-0.05, 0) is 42.5 Å². The van der Waals surface area contributed by atoms with Gasteiger partial charge in [0.25, 0.3) is 0 Å². The number of nitrogens with two attached hydrogens (primary N) is 1. The summed E-state index contributed by atoms with van der Waals surface area (Å²) in [4.78, 5) is 14.3. The minimum Gasteiger partial charge on any atom is -0.333 e. The van der Waals surface area contributed by atoms with Crippen molar-refractivity contribution >= 4 is 5.91 Å². The van der Waals surface area contributed by atoms with Crippen LogP contribution >= 0.6 is 0 Å². The van der Waals surface area contributed by atoms with Crippen LogP contribution in [0, 0.1) is 11.6 Å². The Morgan fingerprint density at radius 2 is 1.94 bits per heavy atom. The molecule has 1 aromatic carbocycles. The van der Waals surface area contributed by atoms with E-state index in [0.717, 1.165) is 4.57 Å². The molecule has 0 spiro atoms. The first kappa shape index (κ1) is 21.7. The van der Waals surface area contributed by atoms with E-state index >= 15 is 0 Å². The number of amides is 1. The number of aryl methyl sites for hydroxylation is 1. The number of nitrogens with zero attached hydrogens (tertiary/aromatic N) is 4. The van der Waals surface area contributed by atoms with Crippen LogP contribution in [0.3, 0.4) is 0 Å². The van der Waals surface area contributed by atoms with Gasteiger partial charge >= 0.3 is 6.18 Å². The van der Waals surface area contributed by atoms with E-state index in [1.165, 1.54) is 17.0 Å². The molecular weight excluding hydrogens is 421 g/mol. The maximum Gasteiger partial charge on any atom is 0.451 e. The van der Waals surface area contributed by atoms with E-state index in [4.69, 9.17) is 5.73 Å². The lowest BCUT2D eigenvalue weighted by molar-refractivity contribution is -0.148. The standard InChI is InChI=1S/C20H22F5N5O/c1-2-19(4-3-11-7-13(21)14(22)8-12(11)19)15(26)9-17(31)29-5-6-30-16(10-29)27-28-18(30)20(23,24)25/h7-8,15H,2-6,9-10,26H2,1H3/t15-,19-/m0/s1. The number of alkyl halides is 3. The fraction of sp³-hybridized carbons (Fsp3) is 0.550. The Hall–Kier alpha value is -2.56. The van der Waals surface area contributed by atoms with Crippen molar-refractivity contribution in [1.82, 2.24) is 19.7 Å². The second kappa shape index (κ2) is 7.54. The summed E-state index contributed by atoms with van der Waals surface area (Å²) in [7, 11) is 0. The van der Waals surface area contributed by atoms with Crippen molar-refractivity contribution in [2.24, 2.45) is 5.73 Å². The second-order valence-electron chi connectivity index (χ2n) is 8.15. The molecule has 168 valence electrons. The summed E-state index contributed by atoms with van der Waals surface area (Å²) in [6, 6.07) is 1.71. The summed E-state index contributed by atoms with van der Waals surface area (Å²) in [5.74, 6) is -3.19. The van der Waals surface area contributed by atoms with Gasteiger partial charge in [-0.15, -0.1) is 10.2 Å². The molecule has 2 N–H and O–H groups in total. The van der Waals surface area contributed by atoms with Crippen LogP contribution in [0.1, 0.15) is 49.0 Å². The van der Waals surface area contributed by atoms with E-state index in [1.54, 1.807) is 0 Å². The summed E-state index contributed by atoms with van der Waals surface area (Å²) in [6.07, 6.45) is -3.03. The fourth-order valence-corrected chi connectivity index (χ4v) is 4.86. The summed E-state index contributed by atoms with van der Waals surface area (Å²) >= 11 is 0. The molecule has 6 nitrogen and oxygen atoms in total. The number of hydrogen-bond donors (Lipinski definition) is 1. The molecular formula is C20H22F5N5O. The lowest BCUT2D eigenvalue weighted by Crippen LogP contribution is -2.48. The SMILES string of the molecule is CC[C@]1([C@@H](N)CC(=O)N2CCn3c(nnc3C(F)(F)F)C2)CCc2cc(F)c(F)cc21. The van der Waals surface area contributed by atoms with Gasteiger partial charge in [0.2, 0.25) is 11.7 Å². The maximum atomic E-state index is 13.9. The van der Waals surface area contributed by atoms with E-state index < -0.39 is 35.1 Å². The number of rotatable bonds is 4. The van der Waals surface area contributed by atoms with Gasteiger partial charge in [-0.2, -0.15) is 13.2 Å². The minimum absolute atomic E-state index is 0.0630. The molecule has 2 heterocycles. The van der Waals surface area contributed by atoms with Crippen LogP contribution in [0.4, 0.5) is 22.0 Å². The van der Waals surface area contributed by atoms with Gasteiger partial charge in [-0.1, -0.05) is 6.92 Å². The Kier molecular flexibility index (Phi) is 5.27. The number of carbonyl (C=O) groups is 1. The van der Waals surface area contributed by atoms with Crippen molar-refractivity contribution < 1.29 is 26.7 Å². The smallest absolute Gasteiger partial charge is 0.333 e. The Labute approximate surface area is 175 Å². The van der Waals surface area contributed by atoms with Gasteiger partial charge in [0.05, 0.1) is 6.54 Å². The molecule has 0 bridgehead atoms. The van der Waals surface area contributed by atoms with Crippen molar-refractivity contribution in [1.29, 1.82) is 0 Å². The zero-order chi connectivity index (χ0) is 22.6. The highest BCUT2D eigenvalue weighted by Gasteiger charge is 2.44. The predicted octanol–water partition coefficient (Wildman–Crippen LogP) is 2.93. The number of carbonyl (C=O) groups excluding carboxylic acids is 1. The zero-order valence-corrected chi connectivity index (χ0v) is 16.8. The first-order valence-corrected chi connectivity index (χ1v) is 10.1. The molecule has 0 radical (unpaired) electrons. The van der Waals surface area contributed by atoms with Crippen LogP contribution in [0.5, 0.6) is 0 Å². The van der Waals surface area contributed by atoms with Gasteiger partial charge in [0.1, 0.15) is 0 Å². The van der Waals surface area contributed by atoms with Crippen molar-refractivity contribution in [2.45, 2.75) is 63.3 Å². The second-order valence-corrected chi connectivity index (χ2v) is 8.15. The molecule has 4 rings (SSSR count). The molecule has 1 amide bonds. The lowest BCUT2D eigenvalue weighted by Gasteiger charge is -2.37. The molecule has 2 aliphatic rings. The van der Waals surface area contributed by atoms with Gasteiger partial charge in [-0.25, -0.2) is 8.78 Å². The van der Waals surface area contributed by atoms with Crippen LogP contribution < -0.4 is 5.73 Å². The Balaban J connectivity index is 1.51. The number of benzene rings is 1. The third kappa shape index (κ3) is 3.58. The number of halogens is 5. The molecule has 0 fully saturated rings. The Morgan fingerprint density at radius 1 is 1.23 bits per heavy atom. The van der Waals surface area contributed by atoms with E-state index in [-0.39, 0.29) is 37.8 Å². The molecule has 2 aromatic rings. The Morgan fingerprint density at radius 3 is 2.61 bits per heavy atom. The number of aromatic nitrogens is 3. The molecule has 2 atom stereocenters. The molecule has 31 heavy (non-hydrogen) atoms. The lowest BCUT2D eigenvalue weighted by atomic mass is 9.72. The van der Waals surface area contributed by atoms with Crippen LogP contribution in [0.2, 0.25) is 0 Å². The van der Waals surface area contributed by atoms with Gasteiger partial charge < -0.3 is 15.2 Å². The highest BCUT2D eigenvalue weighted by Crippen LogP contribution is 2.45. The summed E-state index contributed by atoms with van der Waals surface area (Å²) in [5, 5.41) is 6.79. The van der Waals surface area contributed by atoms with Crippen molar-refractivity contribution in [3.8, 4) is 0 Å². The van der Waals surface area contributed by atoms with Gasteiger partial charge in [0, 0.05) is 31.0 Å². The highest BCUT2D eigenvalue weighted by atomic mass is 19.4. The summed E-state index contributed by atoms with van der Waals surface area (Å²) in [5.41, 5.74) is 7.09. The van der Waals surface area contributed by atoms with E-state index in [1.807, 2.05) is 6.92 Å².